The second kappa shape index (κ2) is 7.54. The maximum absolute atomic E-state index is 6.48. The summed E-state index contributed by atoms with van der Waals surface area (Å²) in [7, 11) is 0. The van der Waals surface area contributed by atoms with E-state index in [0.29, 0.717) is 13.2 Å². The number of hydrogen-bond donors (Lipinski definition) is 0. The molecule has 6 nitrogen and oxygen atoms in total. The highest BCUT2D eigenvalue weighted by atomic mass is 16.9. The Labute approximate surface area is 162 Å². The lowest BCUT2D eigenvalue weighted by molar-refractivity contribution is -0.262. The maximum Gasteiger partial charge on any atom is 0.190 e. The van der Waals surface area contributed by atoms with Crippen LogP contribution in [0.2, 0.25) is 0 Å². The second-order valence-corrected chi connectivity index (χ2v) is 8.91. The zero-order valence-corrected chi connectivity index (χ0v) is 16.5. The van der Waals surface area contributed by atoms with E-state index in [1.165, 1.54) is 25.7 Å². The van der Waals surface area contributed by atoms with Crippen LogP contribution in [-0.4, -0.2) is 55.5 Å². The van der Waals surface area contributed by atoms with Crippen molar-refractivity contribution in [1.29, 1.82) is 0 Å². The van der Waals surface area contributed by atoms with E-state index in [0.717, 1.165) is 44.9 Å². The lowest BCUT2D eigenvalue weighted by atomic mass is 9.94. The van der Waals surface area contributed by atoms with E-state index >= 15 is 0 Å². The monoisotopic (exact) mass is 382 g/mol. The normalized spacial score (nSPS) is 42.8. The minimum atomic E-state index is -0.454. The van der Waals surface area contributed by atoms with Crippen molar-refractivity contribution in [2.75, 3.05) is 13.2 Å². The minimum Gasteiger partial charge on any atom is -0.372 e. The molecule has 5 atom stereocenters. The van der Waals surface area contributed by atoms with Crippen molar-refractivity contribution in [3.63, 3.8) is 0 Å². The highest BCUT2D eigenvalue weighted by Gasteiger charge is 2.61. The second-order valence-electron chi connectivity index (χ2n) is 8.91. The molecule has 2 aliphatic carbocycles. The Morgan fingerprint density at radius 3 is 2.22 bits per heavy atom. The van der Waals surface area contributed by atoms with Crippen LogP contribution in [0.4, 0.5) is 0 Å². The first-order valence-corrected chi connectivity index (χ1v) is 11.2. The minimum absolute atomic E-state index is 0.106. The van der Waals surface area contributed by atoms with E-state index in [9.17, 15) is 0 Å². The standard InChI is InChI=1S/C21H34O6/c1-2-13-22-17-16(15-14-23-20(25-15)9-5-3-6-10-20)24-19-18(17)26-21(27-19)11-7-4-8-12-21/h15-19H,2-14H2,1H3/t15-,16+,17-,18+,19+/m0/s1. The van der Waals surface area contributed by atoms with Crippen molar-refractivity contribution in [2.45, 2.75) is 120 Å². The Morgan fingerprint density at radius 1 is 0.815 bits per heavy atom. The van der Waals surface area contributed by atoms with E-state index in [2.05, 4.69) is 6.92 Å². The van der Waals surface area contributed by atoms with E-state index in [4.69, 9.17) is 28.4 Å². The summed E-state index contributed by atoms with van der Waals surface area (Å²) in [6.45, 7) is 3.40. The average molecular weight is 382 g/mol. The van der Waals surface area contributed by atoms with Crippen molar-refractivity contribution in [3.8, 4) is 0 Å². The van der Waals surface area contributed by atoms with E-state index in [1.54, 1.807) is 0 Å². The first-order valence-electron chi connectivity index (χ1n) is 11.2. The Bertz CT molecular complexity index is 513. The van der Waals surface area contributed by atoms with Gasteiger partial charge in [0.2, 0.25) is 0 Å². The fourth-order valence-corrected chi connectivity index (χ4v) is 5.52. The number of fused-ring (bicyclic) bond motifs is 1. The van der Waals surface area contributed by atoms with Gasteiger partial charge in [-0.15, -0.1) is 0 Å². The predicted octanol–water partition coefficient (Wildman–Crippen LogP) is 3.66. The number of hydrogen-bond acceptors (Lipinski definition) is 6. The summed E-state index contributed by atoms with van der Waals surface area (Å²) in [5, 5.41) is 0. The third-order valence-electron chi connectivity index (χ3n) is 6.88. The molecule has 0 amide bonds. The van der Waals surface area contributed by atoms with Gasteiger partial charge >= 0.3 is 0 Å². The lowest BCUT2D eigenvalue weighted by Crippen LogP contribution is -2.46. The molecule has 0 unspecified atom stereocenters. The number of ether oxygens (including phenoxy) is 6. The van der Waals surface area contributed by atoms with Gasteiger partial charge in [0.05, 0.1) is 6.61 Å². The smallest absolute Gasteiger partial charge is 0.190 e. The summed E-state index contributed by atoms with van der Waals surface area (Å²) < 4.78 is 38.0. The molecule has 0 aromatic carbocycles. The van der Waals surface area contributed by atoms with E-state index < -0.39 is 11.6 Å². The van der Waals surface area contributed by atoms with Crippen molar-refractivity contribution in [1.82, 2.24) is 0 Å². The Kier molecular flexibility index (Phi) is 5.24. The summed E-state index contributed by atoms with van der Waals surface area (Å²) >= 11 is 0. The van der Waals surface area contributed by atoms with Crippen LogP contribution in [-0.2, 0) is 28.4 Å². The Hall–Kier alpha value is -0.240. The lowest BCUT2D eigenvalue weighted by Gasteiger charge is -2.35. The summed E-state index contributed by atoms with van der Waals surface area (Å²) in [4.78, 5) is 0. The third-order valence-corrected chi connectivity index (χ3v) is 6.88. The van der Waals surface area contributed by atoms with Gasteiger partial charge in [-0.1, -0.05) is 19.8 Å². The summed E-state index contributed by atoms with van der Waals surface area (Å²) in [5.41, 5.74) is 0. The zero-order chi connectivity index (χ0) is 18.3. The van der Waals surface area contributed by atoms with Gasteiger partial charge in [0.1, 0.15) is 24.4 Å². The van der Waals surface area contributed by atoms with Crippen LogP contribution < -0.4 is 0 Å². The molecule has 6 heteroatoms. The van der Waals surface area contributed by atoms with Crippen LogP contribution in [0.15, 0.2) is 0 Å². The van der Waals surface area contributed by atoms with E-state index in [1.807, 2.05) is 0 Å². The number of rotatable bonds is 4. The van der Waals surface area contributed by atoms with Crippen LogP contribution in [0.5, 0.6) is 0 Å². The molecule has 27 heavy (non-hydrogen) atoms. The van der Waals surface area contributed by atoms with Crippen LogP contribution >= 0.6 is 0 Å². The molecular weight excluding hydrogens is 348 g/mol. The fourth-order valence-electron chi connectivity index (χ4n) is 5.52. The van der Waals surface area contributed by atoms with E-state index in [-0.39, 0.29) is 30.7 Å². The van der Waals surface area contributed by atoms with Gasteiger partial charge in [-0.3, -0.25) is 0 Å². The van der Waals surface area contributed by atoms with Crippen LogP contribution in [0.3, 0.4) is 0 Å². The first-order chi connectivity index (χ1) is 13.2. The van der Waals surface area contributed by atoms with Crippen LogP contribution in [0.1, 0.15) is 77.6 Å². The largest absolute Gasteiger partial charge is 0.372 e. The molecule has 5 fully saturated rings. The quantitative estimate of drug-likeness (QED) is 0.740. The van der Waals surface area contributed by atoms with Gasteiger partial charge in [0.15, 0.2) is 17.9 Å². The summed E-state index contributed by atoms with van der Waals surface area (Å²) in [6.07, 6.45) is 11.1. The Morgan fingerprint density at radius 2 is 1.52 bits per heavy atom. The molecule has 5 aliphatic rings. The molecule has 2 saturated carbocycles. The SMILES string of the molecule is CCCO[C@@H]1[C@H]2OC3(CCCCC3)O[C@H]2O[C@@H]1[C@@H]1COC2(CCCCC2)O1. The van der Waals surface area contributed by atoms with Crippen molar-refractivity contribution < 1.29 is 28.4 Å². The summed E-state index contributed by atoms with van der Waals surface area (Å²) in [5.74, 6) is -0.852. The molecule has 3 saturated heterocycles. The van der Waals surface area contributed by atoms with Crippen molar-refractivity contribution in [3.05, 3.63) is 0 Å². The molecule has 5 rings (SSSR count). The fraction of sp³-hybridized carbons (Fsp3) is 1.00. The molecule has 0 bridgehead atoms. The van der Waals surface area contributed by atoms with Gasteiger partial charge in [0, 0.05) is 32.3 Å². The predicted molar refractivity (Wildman–Crippen MR) is 97.1 cm³/mol. The molecular formula is C21H34O6. The Balaban J connectivity index is 1.29. The molecule has 3 aliphatic heterocycles. The van der Waals surface area contributed by atoms with Crippen LogP contribution in [0, 0.1) is 0 Å². The van der Waals surface area contributed by atoms with Gasteiger partial charge in [-0.2, -0.15) is 0 Å². The molecule has 3 heterocycles. The average Bonchev–Trinajstić information content (AvgIpc) is 3.33. The summed E-state index contributed by atoms with van der Waals surface area (Å²) in [6, 6.07) is 0. The topological polar surface area (TPSA) is 55.4 Å². The molecule has 0 aromatic rings. The van der Waals surface area contributed by atoms with Gasteiger partial charge in [-0.05, 0) is 32.1 Å². The molecule has 0 radical (unpaired) electrons. The highest BCUT2D eigenvalue weighted by Crippen LogP contribution is 2.48. The molecule has 0 aromatic heterocycles. The zero-order valence-electron chi connectivity index (χ0n) is 16.5. The first kappa shape index (κ1) is 18.8. The van der Waals surface area contributed by atoms with Gasteiger partial charge < -0.3 is 28.4 Å². The highest BCUT2D eigenvalue weighted by molar-refractivity contribution is 5.01. The van der Waals surface area contributed by atoms with Crippen molar-refractivity contribution in [2.24, 2.45) is 0 Å². The van der Waals surface area contributed by atoms with Crippen LogP contribution in [0.25, 0.3) is 0 Å². The van der Waals surface area contributed by atoms with Gasteiger partial charge in [0.25, 0.3) is 0 Å². The molecule has 0 N–H and O–H groups in total. The maximum atomic E-state index is 6.48. The van der Waals surface area contributed by atoms with Gasteiger partial charge in [-0.25, -0.2) is 0 Å². The van der Waals surface area contributed by atoms with Crippen molar-refractivity contribution >= 4 is 0 Å². The molecule has 2 spiro atoms. The third kappa shape index (κ3) is 3.47. The molecule has 154 valence electrons.